The van der Waals surface area contributed by atoms with Crippen LogP contribution in [0.3, 0.4) is 0 Å². The summed E-state index contributed by atoms with van der Waals surface area (Å²) in [5, 5.41) is 13.3. The largest absolute Gasteiger partial charge is 0.325 e. The van der Waals surface area contributed by atoms with Gasteiger partial charge in [-0.2, -0.15) is 0 Å². The van der Waals surface area contributed by atoms with Gasteiger partial charge in [0, 0.05) is 24.4 Å². The third kappa shape index (κ3) is 4.03. The van der Waals surface area contributed by atoms with Crippen LogP contribution in [-0.2, 0) is 4.79 Å². The minimum absolute atomic E-state index is 0.0212. The Morgan fingerprint density at radius 1 is 1.45 bits per heavy atom. The molecule has 2 rings (SSSR count). The highest BCUT2D eigenvalue weighted by molar-refractivity contribution is 5.92. The van der Waals surface area contributed by atoms with Gasteiger partial charge < -0.3 is 5.32 Å². The number of nitro benzene ring substituents is 1. The number of hydrogen-bond acceptors (Lipinski definition) is 4. The molecule has 0 aliphatic carbocycles. The Bertz CT molecular complexity index is 487. The number of benzene rings is 1. The number of rotatable bonds is 4. The van der Waals surface area contributed by atoms with Crippen molar-refractivity contribution < 1.29 is 9.72 Å². The number of nitrogens with one attached hydrogen (secondary N) is 1. The number of nitro groups is 1. The van der Waals surface area contributed by atoms with Crippen molar-refractivity contribution in [2.75, 3.05) is 25.0 Å². The fourth-order valence-corrected chi connectivity index (χ4v) is 2.50. The SMILES string of the molecule is CC1CCCN(CC(=O)Nc2ccc([N+](=O)[O-])cc2)C1. The molecule has 0 radical (unpaired) electrons. The Balaban J connectivity index is 1.86. The van der Waals surface area contributed by atoms with Crippen LogP contribution < -0.4 is 5.32 Å². The van der Waals surface area contributed by atoms with Crippen molar-refractivity contribution >= 4 is 17.3 Å². The van der Waals surface area contributed by atoms with Crippen molar-refractivity contribution in [3.63, 3.8) is 0 Å². The van der Waals surface area contributed by atoms with E-state index in [4.69, 9.17) is 0 Å². The Morgan fingerprint density at radius 3 is 2.75 bits per heavy atom. The van der Waals surface area contributed by atoms with Crippen molar-refractivity contribution in [1.29, 1.82) is 0 Å². The van der Waals surface area contributed by atoms with Crippen molar-refractivity contribution in [2.24, 2.45) is 5.92 Å². The number of non-ortho nitro benzene ring substituents is 1. The van der Waals surface area contributed by atoms with Gasteiger partial charge in [0.1, 0.15) is 0 Å². The molecule has 1 atom stereocenters. The molecule has 1 amide bonds. The fourth-order valence-electron chi connectivity index (χ4n) is 2.50. The van der Waals surface area contributed by atoms with E-state index in [1.807, 2.05) is 0 Å². The lowest BCUT2D eigenvalue weighted by Gasteiger charge is -2.30. The lowest BCUT2D eigenvalue weighted by atomic mass is 10.0. The number of carbonyl (C=O) groups excluding carboxylic acids is 1. The van der Waals surface area contributed by atoms with Crippen LogP contribution in [0.2, 0.25) is 0 Å². The molecule has 6 heteroatoms. The zero-order valence-electron chi connectivity index (χ0n) is 11.5. The second-order valence-electron chi connectivity index (χ2n) is 5.33. The normalized spacial score (nSPS) is 19.6. The van der Waals surface area contributed by atoms with Gasteiger partial charge in [-0.3, -0.25) is 19.8 Å². The first-order chi connectivity index (χ1) is 9.54. The van der Waals surface area contributed by atoms with Crippen LogP contribution in [0.15, 0.2) is 24.3 Å². The summed E-state index contributed by atoms with van der Waals surface area (Å²) in [6.45, 7) is 4.48. The molecule has 108 valence electrons. The van der Waals surface area contributed by atoms with Gasteiger partial charge >= 0.3 is 0 Å². The zero-order valence-corrected chi connectivity index (χ0v) is 11.5. The van der Waals surface area contributed by atoms with E-state index in [9.17, 15) is 14.9 Å². The smallest absolute Gasteiger partial charge is 0.269 e. The molecule has 1 aromatic rings. The molecule has 20 heavy (non-hydrogen) atoms. The summed E-state index contributed by atoms with van der Waals surface area (Å²) >= 11 is 0. The zero-order chi connectivity index (χ0) is 14.5. The van der Waals surface area contributed by atoms with Crippen molar-refractivity contribution in [3.05, 3.63) is 34.4 Å². The average Bonchev–Trinajstić information content (AvgIpc) is 2.39. The molecule has 1 fully saturated rings. The summed E-state index contributed by atoms with van der Waals surface area (Å²) in [5.41, 5.74) is 0.610. The molecular formula is C14H19N3O3. The molecule has 1 heterocycles. The summed E-state index contributed by atoms with van der Waals surface area (Å²) in [7, 11) is 0. The number of anilines is 1. The molecule has 0 bridgehead atoms. The Hall–Kier alpha value is -1.95. The first kappa shape index (κ1) is 14.5. The van der Waals surface area contributed by atoms with E-state index in [1.165, 1.54) is 18.6 Å². The van der Waals surface area contributed by atoms with Crippen LogP contribution in [0.4, 0.5) is 11.4 Å². The van der Waals surface area contributed by atoms with Gasteiger partial charge in [-0.15, -0.1) is 0 Å². The lowest BCUT2D eigenvalue weighted by Crippen LogP contribution is -2.39. The van der Waals surface area contributed by atoms with E-state index in [2.05, 4.69) is 17.1 Å². The second kappa shape index (κ2) is 6.47. The molecule has 0 spiro atoms. The van der Waals surface area contributed by atoms with E-state index in [1.54, 1.807) is 12.1 Å². The maximum atomic E-state index is 11.9. The Labute approximate surface area is 117 Å². The van der Waals surface area contributed by atoms with Gasteiger partial charge in [-0.05, 0) is 37.4 Å². The fraction of sp³-hybridized carbons (Fsp3) is 0.500. The number of amides is 1. The van der Waals surface area contributed by atoms with Gasteiger partial charge in [-0.25, -0.2) is 0 Å². The van der Waals surface area contributed by atoms with Crippen molar-refractivity contribution in [3.8, 4) is 0 Å². The van der Waals surface area contributed by atoms with E-state index >= 15 is 0 Å². The molecule has 0 aromatic heterocycles. The molecule has 1 unspecified atom stereocenters. The van der Waals surface area contributed by atoms with Gasteiger partial charge in [0.05, 0.1) is 11.5 Å². The number of piperidine rings is 1. The average molecular weight is 277 g/mol. The molecule has 6 nitrogen and oxygen atoms in total. The third-order valence-electron chi connectivity index (χ3n) is 3.47. The Morgan fingerprint density at radius 2 is 2.15 bits per heavy atom. The maximum Gasteiger partial charge on any atom is 0.269 e. The predicted molar refractivity (Wildman–Crippen MR) is 76.6 cm³/mol. The molecule has 0 saturated carbocycles. The minimum Gasteiger partial charge on any atom is -0.325 e. The third-order valence-corrected chi connectivity index (χ3v) is 3.47. The lowest BCUT2D eigenvalue weighted by molar-refractivity contribution is -0.384. The second-order valence-corrected chi connectivity index (χ2v) is 5.33. The summed E-state index contributed by atoms with van der Waals surface area (Å²) < 4.78 is 0. The summed E-state index contributed by atoms with van der Waals surface area (Å²) in [6.07, 6.45) is 2.35. The summed E-state index contributed by atoms with van der Waals surface area (Å²) in [4.78, 5) is 24.1. The van der Waals surface area contributed by atoms with Gasteiger partial charge in [0.25, 0.3) is 5.69 Å². The molecule has 1 saturated heterocycles. The van der Waals surface area contributed by atoms with Crippen LogP contribution in [-0.4, -0.2) is 35.4 Å². The van der Waals surface area contributed by atoms with E-state index in [0.29, 0.717) is 18.2 Å². The summed E-state index contributed by atoms with van der Waals surface area (Å²) in [6, 6.07) is 5.88. The van der Waals surface area contributed by atoms with Crippen LogP contribution in [0.25, 0.3) is 0 Å². The highest BCUT2D eigenvalue weighted by atomic mass is 16.6. The molecule has 1 N–H and O–H groups in total. The Kier molecular flexibility index (Phi) is 4.68. The van der Waals surface area contributed by atoms with Gasteiger partial charge in [0.15, 0.2) is 0 Å². The monoisotopic (exact) mass is 277 g/mol. The van der Waals surface area contributed by atoms with Gasteiger partial charge in [-0.1, -0.05) is 6.92 Å². The highest BCUT2D eigenvalue weighted by Gasteiger charge is 2.18. The minimum atomic E-state index is -0.458. The molecule has 1 aliphatic heterocycles. The van der Waals surface area contributed by atoms with E-state index < -0.39 is 4.92 Å². The van der Waals surface area contributed by atoms with E-state index in [-0.39, 0.29) is 11.6 Å². The van der Waals surface area contributed by atoms with E-state index in [0.717, 1.165) is 19.5 Å². The predicted octanol–water partition coefficient (Wildman–Crippen LogP) is 2.27. The molecular weight excluding hydrogens is 258 g/mol. The van der Waals surface area contributed by atoms with Crippen LogP contribution >= 0.6 is 0 Å². The molecule has 1 aliphatic rings. The van der Waals surface area contributed by atoms with Crippen molar-refractivity contribution in [2.45, 2.75) is 19.8 Å². The number of likely N-dealkylation sites (tertiary alicyclic amines) is 1. The van der Waals surface area contributed by atoms with Crippen LogP contribution in [0.1, 0.15) is 19.8 Å². The molecule has 1 aromatic carbocycles. The number of carbonyl (C=O) groups is 1. The standard InChI is InChI=1S/C14H19N3O3/c1-11-3-2-8-16(9-11)10-14(18)15-12-4-6-13(7-5-12)17(19)20/h4-7,11H,2-3,8-10H2,1H3,(H,15,18). The quantitative estimate of drug-likeness (QED) is 0.676. The van der Waals surface area contributed by atoms with Crippen LogP contribution in [0, 0.1) is 16.0 Å². The topological polar surface area (TPSA) is 75.5 Å². The van der Waals surface area contributed by atoms with Crippen LogP contribution in [0.5, 0.6) is 0 Å². The number of hydrogen-bond donors (Lipinski definition) is 1. The van der Waals surface area contributed by atoms with Crippen molar-refractivity contribution in [1.82, 2.24) is 4.90 Å². The maximum absolute atomic E-state index is 11.9. The highest BCUT2D eigenvalue weighted by Crippen LogP contribution is 2.17. The summed E-state index contributed by atoms with van der Waals surface area (Å²) in [5.74, 6) is 0.559. The first-order valence-corrected chi connectivity index (χ1v) is 6.81. The van der Waals surface area contributed by atoms with Gasteiger partial charge in [0.2, 0.25) is 5.91 Å². The number of nitrogens with zero attached hydrogens (tertiary/aromatic N) is 2. The first-order valence-electron chi connectivity index (χ1n) is 6.81.